The quantitative estimate of drug-likeness (QED) is 0.482. The molecular weight excluding hydrogens is 150 g/mol. The van der Waals surface area contributed by atoms with E-state index in [2.05, 4.69) is 4.42 Å². The highest BCUT2D eigenvalue weighted by Crippen LogP contribution is 2.45. The SMILES string of the molecule is Fc1oc2c3cc-3cc2c1F. The highest BCUT2D eigenvalue weighted by atomic mass is 19.2. The fourth-order valence-electron chi connectivity index (χ4n) is 1.31. The molecule has 0 aliphatic heterocycles. The molecule has 0 saturated carbocycles. The monoisotopic (exact) mass is 152 g/mol. The normalized spacial score (nSPS) is 12.5. The minimum Gasteiger partial charge on any atom is -0.428 e. The van der Waals surface area contributed by atoms with Gasteiger partial charge in [-0.05, 0) is 17.7 Å². The van der Waals surface area contributed by atoms with E-state index in [0.717, 1.165) is 11.1 Å². The zero-order chi connectivity index (χ0) is 7.59. The molecule has 1 heterocycles. The van der Waals surface area contributed by atoms with E-state index in [9.17, 15) is 8.78 Å². The molecule has 0 spiro atoms. The second-order valence-electron chi connectivity index (χ2n) is 2.59. The van der Waals surface area contributed by atoms with Gasteiger partial charge in [0.1, 0.15) is 5.58 Å². The van der Waals surface area contributed by atoms with Crippen LogP contribution in [0.25, 0.3) is 22.1 Å². The van der Waals surface area contributed by atoms with Crippen molar-refractivity contribution in [3.63, 3.8) is 0 Å². The molecular formula is C8H2F2O. The predicted octanol–water partition coefficient (Wildman–Crippen LogP) is 2.69. The van der Waals surface area contributed by atoms with Crippen LogP contribution in [0.3, 0.4) is 0 Å². The van der Waals surface area contributed by atoms with Crippen LogP contribution in [0.4, 0.5) is 8.78 Å². The number of halogens is 2. The number of fused-ring (bicyclic) bond motifs is 3. The van der Waals surface area contributed by atoms with Gasteiger partial charge < -0.3 is 4.42 Å². The molecule has 0 aromatic carbocycles. The zero-order valence-electron chi connectivity index (χ0n) is 5.32. The Morgan fingerprint density at radius 3 is 2.73 bits per heavy atom. The Kier molecular flexibility index (Phi) is 0.626. The highest BCUT2D eigenvalue weighted by molar-refractivity contribution is 6.06. The third-order valence-corrected chi connectivity index (χ3v) is 1.92. The fraction of sp³-hybridized carbons (Fsp3) is 0. The van der Waals surface area contributed by atoms with Crippen LogP contribution in [-0.4, -0.2) is 0 Å². The average molecular weight is 152 g/mol. The smallest absolute Gasteiger partial charge is 0.315 e. The van der Waals surface area contributed by atoms with E-state index in [1.54, 1.807) is 6.07 Å². The number of hydrogen-bond acceptors (Lipinski definition) is 1. The third-order valence-electron chi connectivity index (χ3n) is 1.92. The molecule has 1 nitrogen and oxygen atoms in total. The first-order valence-corrected chi connectivity index (χ1v) is 3.19. The van der Waals surface area contributed by atoms with Crippen LogP contribution in [0.1, 0.15) is 0 Å². The van der Waals surface area contributed by atoms with Crippen LogP contribution in [0.5, 0.6) is 0 Å². The van der Waals surface area contributed by atoms with Gasteiger partial charge in [0, 0.05) is 5.56 Å². The summed E-state index contributed by atoms with van der Waals surface area (Å²) < 4.78 is 29.7. The number of benzene rings is 1. The maximum Gasteiger partial charge on any atom is 0.315 e. The molecule has 0 atom stereocenters. The molecule has 1 aromatic rings. The molecule has 3 heteroatoms. The summed E-state index contributed by atoms with van der Waals surface area (Å²) in [6, 6.07) is 2.30. The molecule has 1 aromatic heterocycles. The van der Waals surface area contributed by atoms with E-state index in [1.165, 1.54) is 0 Å². The molecule has 0 N–H and O–H groups in total. The topological polar surface area (TPSA) is 13.1 Å². The molecule has 3 rings (SSSR count). The first kappa shape index (κ1) is 5.29. The van der Waals surface area contributed by atoms with Crippen LogP contribution in [-0.2, 0) is 0 Å². The standard InChI is InChI=1S/C8H2F2O/c9-6-5-2-3-1-4(3)7(5)11-8(6)10/h1-2H. The lowest BCUT2D eigenvalue weighted by molar-refractivity contribution is 0.343. The van der Waals surface area contributed by atoms with Crippen LogP contribution in [0.15, 0.2) is 16.5 Å². The molecule has 0 amide bonds. The average Bonchev–Trinajstić information content (AvgIpc) is 2.59. The summed E-state index contributed by atoms with van der Waals surface area (Å²) in [6.45, 7) is 0. The second-order valence-corrected chi connectivity index (χ2v) is 2.59. The number of hydrogen-bond donors (Lipinski definition) is 0. The van der Waals surface area contributed by atoms with Crippen molar-refractivity contribution in [3.05, 3.63) is 24.0 Å². The van der Waals surface area contributed by atoms with Crippen molar-refractivity contribution in [2.24, 2.45) is 0 Å². The Balaban J connectivity index is 2.59. The summed E-state index contributed by atoms with van der Waals surface area (Å²) in [5.41, 5.74) is 2.13. The lowest BCUT2D eigenvalue weighted by Gasteiger charge is -1.74. The van der Waals surface area contributed by atoms with Crippen LogP contribution < -0.4 is 0 Å². The molecule has 2 aliphatic rings. The Bertz CT molecular complexity index is 470. The summed E-state index contributed by atoms with van der Waals surface area (Å²) in [7, 11) is 0. The van der Waals surface area contributed by atoms with Crippen molar-refractivity contribution in [1.82, 2.24) is 0 Å². The van der Waals surface area contributed by atoms with E-state index in [-0.39, 0.29) is 5.39 Å². The summed E-state index contributed by atoms with van der Waals surface area (Å²) in [5.74, 6) is -0.874. The molecule has 0 fully saturated rings. The zero-order valence-corrected chi connectivity index (χ0v) is 5.32. The van der Waals surface area contributed by atoms with E-state index in [4.69, 9.17) is 0 Å². The van der Waals surface area contributed by atoms with E-state index < -0.39 is 11.8 Å². The van der Waals surface area contributed by atoms with Gasteiger partial charge in [0.25, 0.3) is 0 Å². The lowest BCUT2D eigenvalue weighted by atomic mass is 10.4. The Morgan fingerprint density at radius 2 is 2.00 bits per heavy atom. The van der Waals surface area contributed by atoms with Gasteiger partial charge in [-0.15, -0.1) is 0 Å². The van der Waals surface area contributed by atoms with Crippen molar-refractivity contribution in [2.45, 2.75) is 0 Å². The molecule has 0 radical (unpaired) electrons. The van der Waals surface area contributed by atoms with E-state index in [1.807, 2.05) is 6.07 Å². The lowest BCUT2D eigenvalue weighted by Crippen LogP contribution is -1.69. The van der Waals surface area contributed by atoms with Crippen molar-refractivity contribution in [3.8, 4) is 11.1 Å². The van der Waals surface area contributed by atoms with E-state index >= 15 is 0 Å². The number of furan rings is 1. The van der Waals surface area contributed by atoms with Gasteiger partial charge in [-0.1, -0.05) is 0 Å². The van der Waals surface area contributed by atoms with Crippen molar-refractivity contribution >= 4 is 11.0 Å². The van der Waals surface area contributed by atoms with Crippen molar-refractivity contribution < 1.29 is 13.2 Å². The summed E-state index contributed by atoms with van der Waals surface area (Å²) in [6.07, 6.45) is 0. The van der Waals surface area contributed by atoms with Gasteiger partial charge >= 0.3 is 6.01 Å². The van der Waals surface area contributed by atoms with Gasteiger partial charge in [-0.3, -0.25) is 0 Å². The predicted molar refractivity (Wildman–Crippen MR) is 35.1 cm³/mol. The molecule has 0 bridgehead atoms. The summed E-state index contributed by atoms with van der Waals surface area (Å²) >= 11 is 0. The highest BCUT2D eigenvalue weighted by Gasteiger charge is 2.25. The first-order chi connectivity index (χ1) is 5.27. The summed E-state index contributed by atoms with van der Waals surface area (Å²) in [4.78, 5) is 0. The largest absolute Gasteiger partial charge is 0.428 e. The van der Waals surface area contributed by atoms with Crippen LogP contribution in [0, 0.1) is 11.8 Å². The minimum absolute atomic E-state index is 0.259. The van der Waals surface area contributed by atoms with E-state index in [0.29, 0.717) is 5.58 Å². The molecule has 54 valence electrons. The maximum atomic E-state index is 12.7. The van der Waals surface area contributed by atoms with Gasteiger partial charge in [0.2, 0.25) is 5.82 Å². The van der Waals surface area contributed by atoms with Crippen molar-refractivity contribution in [1.29, 1.82) is 0 Å². The molecule has 11 heavy (non-hydrogen) atoms. The summed E-state index contributed by atoms with van der Waals surface area (Å²) in [5, 5.41) is 0.259. The maximum absolute atomic E-state index is 12.7. The van der Waals surface area contributed by atoms with Gasteiger partial charge in [0.05, 0.1) is 5.39 Å². The Morgan fingerprint density at radius 1 is 1.18 bits per heavy atom. The third kappa shape index (κ3) is 0.461. The minimum atomic E-state index is -1.11. The molecule has 2 aliphatic carbocycles. The van der Waals surface area contributed by atoms with Gasteiger partial charge in [-0.25, -0.2) is 0 Å². The number of rotatable bonds is 0. The Hall–Kier alpha value is -1.38. The first-order valence-electron chi connectivity index (χ1n) is 3.19. The van der Waals surface area contributed by atoms with Crippen LogP contribution >= 0.6 is 0 Å². The molecule has 0 unspecified atom stereocenters. The van der Waals surface area contributed by atoms with Gasteiger partial charge in [0.15, 0.2) is 0 Å². The second kappa shape index (κ2) is 1.30. The molecule has 0 saturated heterocycles. The fourth-order valence-corrected chi connectivity index (χ4v) is 1.31. The van der Waals surface area contributed by atoms with Crippen LogP contribution in [0.2, 0.25) is 0 Å². The van der Waals surface area contributed by atoms with Gasteiger partial charge in [-0.2, -0.15) is 8.78 Å². The van der Waals surface area contributed by atoms with Crippen molar-refractivity contribution in [2.75, 3.05) is 0 Å². The Labute approximate surface area is 60.2 Å².